The van der Waals surface area contributed by atoms with Gasteiger partial charge in [-0.05, 0) is 67.4 Å². The second-order valence-electron chi connectivity index (χ2n) is 15.3. The molecule has 0 saturated carbocycles. The summed E-state index contributed by atoms with van der Waals surface area (Å²) in [6, 6.07) is 57.5. The molecule has 3 heterocycles. The van der Waals surface area contributed by atoms with Crippen LogP contribution in [0.25, 0.3) is 0 Å². The highest BCUT2D eigenvalue weighted by molar-refractivity contribution is 5.97. The van der Waals surface area contributed by atoms with Crippen LogP contribution in [0.15, 0.2) is 170 Å². The number of carbonyl (C=O) groups excluding carboxylic acids is 1. The molecule has 6 nitrogen and oxygen atoms in total. The largest absolute Gasteiger partial charge is 0.304 e. The van der Waals surface area contributed by atoms with E-state index in [2.05, 4.69) is 147 Å². The average Bonchev–Trinajstić information content (AvgIpc) is 3.73. The van der Waals surface area contributed by atoms with Gasteiger partial charge in [0.1, 0.15) is 23.0 Å². The molecule has 0 unspecified atom stereocenters. The summed E-state index contributed by atoms with van der Waals surface area (Å²) < 4.78 is 0. The second kappa shape index (κ2) is 13.7. The van der Waals surface area contributed by atoms with Gasteiger partial charge in [0.2, 0.25) is 0 Å². The maximum atomic E-state index is 17.1. The maximum absolute atomic E-state index is 17.1. The van der Waals surface area contributed by atoms with Crippen LogP contribution in [-0.2, 0) is 14.5 Å². The lowest BCUT2D eigenvalue weighted by Crippen LogP contribution is -2.64. The Balaban J connectivity index is 1.35. The minimum absolute atomic E-state index is 0.142. The molecule has 0 radical (unpaired) electrons. The minimum atomic E-state index is -1.08. The van der Waals surface area contributed by atoms with Crippen LogP contribution >= 0.6 is 0 Å². The highest BCUT2D eigenvalue weighted by Gasteiger charge is 2.74. The van der Waals surface area contributed by atoms with E-state index >= 15 is 4.79 Å². The molecule has 2 spiro atoms. The van der Waals surface area contributed by atoms with Crippen molar-refractivity contribution in [1.29, 1.82) is 0 Å². The van der Waals surface area contributed by atoms with Gasteiger partial charge in [0, 0.05) is 13.1 Å². The van der Waals surface area contributed by atoms with Gasteiger partial charge >= 0.3 is 0 Å². The first-order chi connectivity index (χ1) is 26.4. The molecule has 6 atom stereocenters. The number of nitrogens with zero attached hydrogens (tertiary/aromatic N) is 3. The first-order valence-corrected chi connectivity index (χ1v) is 18.9. The first-order valence-electron chi connectivity index (χ1n) is 18.9. The van der Waals surface area contributed by atoms with E-state index in [9.17, 15) is 0 Å². The summed E-state index contributed by atoms with van der Waals surface area (Å²) in [5, 5.41) is 4.04. The van der Waals surface area contributed by atoms with Gasteiger partial charge in [-0.2, -0.15) is 0 Å². The van der Waals surface area contributed by atoms with Gasteiger partial charge in [-0.1, -0.05) is 157 Å². The lowest BCUT2D eigenvalue weighted by Gasteiger charge is -2.53. The van der Waals surface area contributed by atoms with Crippen LogP contribution in [0.3, 0.4) is 0 Å². The molecule has 6 aromatic carbocycles. The SMILES string of the molecule is Cc1ccc([C@H]2ON(c3ccccc3)[C@@H](c3ccccc3)[C@@]23CN(C)C[C@]2(C3=O)[C@H](c3ccc(C)cc3)ON(c3ccccc3)[C@@H]2c2ccccc2)cc1. The van der Waals surface area contributed by atoms with Crippen molar-refractivity contribution in [2.45, 2.75) is 38.1 Å². The monoisotopic (exact) mass is 711 g/mol. The predicted octanol–water partition coefficient (Wildman–Crippen LogP) is 9.96. The standard InChI is InChI=1S/C48H45N3O3/c1-34-24-28-38(29-25-34)44-47(42(36-16-8-4-9-17-36)50(53-44)40-20-12-6-13-21-40)32-49(3)33-48(46(47)52)43(37-18-10-5-11-19-37)51(41-22-14-7-15-23-41)54-45(48)39-30-26-35(2)27-31-39/h4-31,42-45H,32-33H2,1-3H3/t42-,43+,44+,45-,47-,48+. The number of aryl methyl sites for hydroxylation is 2. The van der Waals surface area contributed by atoms with E-state index in [0.29, 0.717) is 13.1 Å². The molecule has 0 N–H and O–H groups in total. The van der Waals surface area contributed by atoms with E-state index in [0.717, 1.165) is 44.8 Å². The fourth-order valence-corrected chi connectivity index (χ4v) is 9.50. The number of hydrogen-bond acceptors (Lipinski definition) is 6. The topological polar surface area (TPSA) is 45.3 Å². The molecule has 0 amide bonds. The fourth-order valence-electron chi connectivity index (χ4n) is 9.50. The van der Waals surface area contributed by atoms with E-state index in [1.807, 2.05) is 58.7 Å². The third-order valence-corrected chi connectivity index (χ3v) is 11.7. The summed E-state index contributed by atoms with van der Waals surface area (Å²) in [6.07, 6.45) is -1.20. The van der Waals surface area contributed by atoms with Crippen molar-refractivity contribution in [3.8, 4) is 0 Å². The van der Waals surface area contributed by atoms with Crippen molar-refractivity contribution in [1.82, 2.24) is 4.90 Å². The number of hydrogen-bond donors (Lipinski definition) is 0. The van der Waals surface area contributed by atoms with Gasteiger partial charge in [-0.3, -0.25) is 14.5 Å². The lowest BCUT2D eigenvalue weighted by molar-refractivity contribution is -0.160. The predicted molar refractivity (Wildman–Crippen MR) is 214 cm³/mol. The van der Waals surface area contributed by atoms with Crippen LogP contribution in [0.2, 0.25) is 0 Å². The summed E-state index contributed by atoms with van der Waals surface area (Å²) in [5.74, 6) is 0.142. The third kappa shape index (κ3) is 5.48. The van der Waals surface area contributed by atoms with Crippen molar-refractivity contribution in [3.05, 3.63) is 203 Å². The molecule has 0 aromatic heterocycles. The zero-order valence-electron chi connectivity index (χ0n) is 31.0. The van der Waals surface area contributed by atoms with Crippen molar-refractivity contribution in [2.24, 2.45) is 10.8 Å². The van der Waals surface area contributed by atoms with Gasteiger partial charge < -0.3 is 4.90 Å². The van der Waals surface area contributed by atoms with E-state index in [1.165, 1.54) is 0 Å². The number of benzene rings is 6. The Bertz CT molecular complexity index is 2060. The Hall–Kier alpha value is -5.53. The van der Waals surface area contributed by atoms with Crippen LogP contribution in [0.4, 0.5) is 11.4 Å². The zero-order valence-corrected chi connectivity index (χ0v) is 31.0. The zero-order chi connectivity index (χ0) is 36.9. The van der Waals surface area contributed by atoms with Crippen LogP contribution in [-0.4, -0.2) is 30.8 Å². The minimum Gasteiger partial charge on any atom is -0.304 e. The Kier molecular flexibility index (Phi) is 8.70. The number of para-hydroxylation sites is 2. The van der Waals surface area contributed by atoms with Crippen molar-refractivity contribution < 1.29 is 14.5 Å². The Morgan fingerprint density at radius 1 is 0.463 bits per heavy atom. The van der Waals surface area contributed by atoms with E-state index in [4.69, 9.17) is 9.68 Å². The maximum Gasteiger partial charge on any atom is 0.158 e. The van der Waals surface area contributed by atoms with Crippen LogP contribution in [0, 0.1) is 24.7 Å². The Labute approximate surface area is 318 Å². The number of anilines is 2. The van der Waals surface area contributed by atoms with Crippen LogP contribution in [0.1, 0.15) is 57.7 Å². The van der Waals surface area contributed by atoms with Gasteiger partial charge in [0.25, 0.3) is 0 Å². The third-order valence-electron chi connectivity index (χ3n) is 11.7. The number of carbonyl (C=O) groups is 1. The molecule has 54 heavy (non-hydrogen) atoms. The Morgan fingerprint density at radius 3 is 1.15 bits per heavy atom. The van der Waals surface area contributed by atoms with Gasteiger partial charge in [0.15, 0.2) is 5.78 Å². The van der Waals surface area contributed by atoms with Crippen molar-refractivity contribution in [2.75, 3.05) is 30.3 Å². The first kappa shape index (κ1) is 34.3. The summed E-state index contributed by atoms with van der Waals surface area (Å²) in [5.41, 5.74) is 5.95. The van der Waals surface area contributed by atoms with Crippen LogP contribution < -0.4 is 10.1 Å². The van der Waals surface area contributed by atoms with Crippen LogP contribution in [0.5, 0.6) is 0 Å². The van der Waals surface area contributed by atoms with E-state index in [1.54, 1.807) is 0 Å². The Morgan fingerprint density at radius 2 is 0.796 bits per heavy atom. The average molecular weight is 712 g/mol. The quantitative estimate of drug-likeness (QED) is 0.171. The lowest BCUT2D eigenvalue weighted by atomic mass is 9.54. The van der Waals surface area contributed by atoms with Gasteiger partial charge in [-0.15, -0.1) is 0 Å². The summed E-state index contributed by atoms with van der Waals surface area (Å²) in [6.45, 7) is 5.17. The molecule has 6 heteroatoms. The number of Topliss-reactive ketones (excluding diaryl/α,β-unsaturated/α-hetero) is 1. The summed E-state index contributed by atoms with van der Waals surface area (Å²) >= 11 is 0. The fraction of sp³-hybridized carbons (Fsp3) is 0.229. The van der Waals surface area contributed by atoms with E-state index in [-0.39, 0.29) is 5.78 Å². The molecule has 3 aliphatic heterocycles. The molecule has 0 aliphatic carbocycles. The number of likely N-dealkylation sites (tertiary alicyclic amines) is 1. The molecule has 270 valence electrons. The molecule has 0 bridgehead atoms. The molecule has 3 aliphatic rings. The van der Waals surface area contributed by atoms with Gasteiger partial charge in [-0.25, -0.2) is 10.1 Å². The molecule has 3 fully saturated rings. The number of hydroxylamine groups is 2. The smallest absolute Gasteiger partial charge is 0.158 e. The van der Waals surface area contributed by atoms with Crippen molar-refractivity contribution >= 4 is 17.2 Å². The van der Waals surface area contributed by atoms with Gasteiger partial charge in [0.05, 0.1) is 23.5 Å². The molecular weight excluding hydrogens is 667 g/mol. The van der Waals surface area contributed by atoms with Crippen molar-refractivity contribution in [3.63, 3.8) is 0 Å². The second-order valence-corrected chi connectivity index (χ2v) is 15.3. The van der Waals surface area contributed by atoms with E-state index < -0.39 is 35.1 Å². The molecular formula is C48H45N3O3. The molecule has 3 saturated heterocycles. The highest BCUT2D eigenvalue weighted by Crippen LogP contribution is 2.68. The number of piperidine rings is 1. The summed E-state index contributed by atoms with van der Waals surface area (Å²) in [4.78, 5) is 34.1. The number of ketones is 1. The highest BCUT2D eigenvalue weighted by atomic mass is 16.7. The molecule has 6 aromatic rings. The summed E-state index contributed by atoms with van der Waals surface area (Å²) in [7, 11) is 2.16. The molecule has 9 rings (SSSR count). The number of rotatable bonds is 6. The normalized spacial score (nSPS) is 26.9.